The molecule has 1 fully saturated rings. The number of phenols is 1. The van der Waals surface area contributed by atoms with Gasteiger partial charge in [-0.15, -0.1) is 0 Å². The molecule has 1 nitrogen and oxygen atoms in total. The van der Waals surface area contributed by atoms with Crippen LogP contribution in [0.2, 0.25) is 0 Å². The summed E-state index contributed by atoms with van der Waals surface area (Å²) < 4.78 is 0. The van der Waals surface area contributed by atoms with Gasteiger partial charge in [0.25, 0.3) is 0 Å². The molecule has 1 aromatic rings. The second-order valence-electron chi connectivity index (χ2n) is 4.74. The van der Waals surface area contributed by atoms with Crippen molar-refractivity contribution in [3.05, 3.63) is 29.3 Å². The highest BCUT2D eigenvalue weighted by atomic mass is 16.3. The lowest BCUT2D eigenvalue weighted by Crippen LogP contribution is -2.12. The van der Waals surface area contributed by atoms with Crippen LogP contribution in [0, 0.1) is 5.92 Å². The third-order valence-electron chi connectivity index (χ3n) is 3.92. The zero-order chi connectivity index (χ0) is 9.54. The van der Waals surface area contributed by atoms with Crippen molar-refractivity contribution < 1.29 is 5.11 Å². The van der Waals surface area contributed by atoms with Crippen LogP contribution in [0.3, 0.4) is 0 Å². The third-order valence-corrected chi connectivity index (χ3v) is 3.92. The predicted molar refractivity (Wildman–Crippen MR) is 56.5 cm³/mol. The molecule has 74 valence electrons. The smallest absolute Gasteiger partial charge is 0.115 e. The van der Waals surface area contributed by atoms with Gasteiger partial charge in [-0.2, -0.15) is 0 Å². The number of phenolic OH excluding ortho intramolecular Hbond substituents is 1. The molecule has 0 aliphatic heterocycles. The maximum atomic E-state index is 9.43. The van der Waals surface area contributed by atoms with Gasteiger partial charge in [-0.3, -0.25) is 0 Å². The lowest BCUT2D eigenvalue weighted by Gasteiger charge is -2.25. The van der Waals surface area contributed by atoms with Crippen LogP contribution >= 0.6 is 0 Å². The van der Waals surface area contributed by atoms with Gasteiger partial charge < -0.3 is 5.11 Å². The molecule has 0 bridgehead atoms. The van der Waals surface area contributed by atoms with Gasteiger partial charge in [0.2, 0.25) is 0 Å². The van der Waals surface area contributed by atoms with E-state index in [1.54, 1.807) is 0 Å². The minimum atomic E-state index is 0.433. The molecule has 2 atom stereocenters. The van der Waals surface area contributed by atoms with Crippen molar-refractivity contribution in [1.82, 2.24) is 0 Å². The van der Waals surface area contributed by atoms with Crippen LogP contribution in [0.4, 0.5) is 0 Å². The zero-order valence-electron chi connectivity index (χ0n) is 8.37. The molecule has 0 spiro atoms. The molecule has 2 aliphatic rings. The van der Waals surface area contributed by atoms with E-state index >= 15 is 0 Å². The van der Waals surface area contributed by atoms with Crippen molar-refractivity contribution in [2.75, 3.05) is 0 Å². The summed E-state index contributed by atoms with van der Waals surface area (Å²) in [5.41, 5.74) is 2.93. The highest BCUT2D eigenvalue weighted by Crippen LogP contribution is 2.47. The molecule has 2 aliphatic carbocycles. The number of rotatable bonds is 0. The summed E-state index contributed by atoms with van der Waals surface area (Å²) in [7, 11) is 0. The van der Waals surface area contributed by atoms with E-state index in [0.29, 0.717) is 5.75 Å². The van der Waals surface area contributed by atoms with Crippen LogP contribution in [-0.2, 0) is 6.42 Å². The van der Waals surface area contributed by atoms with E-state index in [1.807, 2.05) is 12.1 Å². The van der Waals surface area contributed by atoms with Gasteiger partial charge in [-0.05, 0) is 54.4 Å². The molecule has 0 heterocycles. The summed E-state index contributed by atoms with van der Waals surface area (Å²) in [5.74, 6) is 2.11. The maximum Gasteiger partial charge on any atom is 0.115 e. The minimum absolute atomic E-state index is 0.433. The fourth-order valence-corrected chi connectivity index (χ4v) is 3.27. The summed E-state index contributed by atoms with van der Waals surface area (Å²) in [4.78, 5) is 0. The molecular weight excluding hydrogens is 172 g/mol. The van der Waals surface area contributed by atoms with Gasteiger partial charge in [-0.25, -0.2) is 0 Å². The first kappa shape index (κ1) is 8.34. The number of hydrogen-bond acceptors (Lipinski definition) is 1. The topological polar surface area (TPSA) is 20.2 Å². The van der Waals surface area contributed by atoms with Gasteiger partial charge in [0.15, 0.2) is 0 Å². The van der Waals surface area contributed by atoms with Crippen LogP contribution in [0.25, 0.3) is 0 Å². The summed E-state index contributed by atoms with van der Waals surface area (Å²) in [5, 5.41) is 9.43. The SMILES string of the molecule is Oc1ccc2c(c1)C[C@H]1CCCC[C@H]21. The van der Waals surface area contributed by atoms with Crippen LogP contribution in [0.15, 0.2) is 18.2 Å². The van der Waals surface area contributed by atoms with Crippen molar-refractivity contribution in [3.8, 4) is 5.75 Å². The van der Waals surface area contributed by atoms with Gasteiger partial charge in [0, 0.05) is 0 Å². The fraction of sp³-hybridized carbons (Fsp3) is 0.538. The van der Waals surface area contributed by atoms with E-state index in [9.17, 15) is 5.11 Å². The highest BCUT2D eigenvalue weighted by molar-refractivity contribution is 5.41. The second-order valence-corrected chi connectivity index (χ2v) is 4.74. The van der Waals surface area contributed by atoms with Crippen molar-refractivity contribution in [1.29, 1.82) is 0 Å². The Morgan fingerprint density at radius 2 is 2.00 bits per heavy atom. The molecular formula is C13H16O. The van der Waals surface area contributed by atoms with E-state index in [4.69, 9.17) is 0 Å². The number of fused-ring (bicyclic) bond motifs is 3. The van der Waals surface area contributed by atoms with E-state index < -0.39 is 0 Å². The molecule has 0 saturated heterocycles. The molecule has 0 aromatic heterocycles. The molecule has 1 N–H and O–H groups in total. The van der Waals surface area contributed by atoms with Crippen molar-refractivity contribution in [2.45, 2.75) is 38.0 Å². The van der Waals surface area contributed by atoms with Crippen LogP contribution in [0.1, 0.15) is 42.7 Å². The van der Waals surface area contributed by atoms with Crippen LogP contribution in [0.5, 0.6) is 5.75 Å². The molecule has 0 amide bonds. The summed E-state index contributed by atoms with van der Waals surface area (Å²) >= 11 is 0. The Bertz CT molecular complexity index is 356. The Labute approximate surface area is 84.8 Å². The first-order chi connectivity index (χ1) is 6.84. The van der Waals surface area contributed by atoms with Crippen LogP contribution in [-0.4, -0.2) is 5.11 Å². The average molecular weight is 188 g/mol. The molecule has 1 saturated carbocycles. The molecule has 1 aromatic carbocycles. The van der Waals surface area contributed by atoms with Crippen LogP contribution < -0.4 is 0 Å². The predicted octanol–water partition coefficient (Wildman–Crippen LogP) is 3.22. The van der Waals surface area contributed by atoms with Gasteiger partial charge in [-0.1, -0.05) is 18.9 Å². The fourth-order valence-electron chi connectivity index (χ4n) is 3.27. The first-order valence-electron chi connectivity index (χ1n) is 5.66. The summed E-state index contributed by atoms with van der Waals surface area (Å²) in [6.45, 7) is 0. The first-order valence-corrected chi connectivity index (χ1v) is 5.66. The monoisotopic (exact) mass is 188 g/mol. The Morgan fingerprint density at radius 1 is 1.14 bits per heavy atom. The number of benzene rings is 1. The van der Waals surface area contributed by atoms with E-state index in [-0.39, 0.29) is 0 Å². The molecule has 3 rings (SSSR count). The molecule has 0 radical (unpaired) electrons. The standard InChI is InChI=1S/C13H16O/c14-11-5-6-13-10(8-11)7-9-3-1-2-4-12(9)13/h5-6,8-9,12,14H,1-4,7H2/t9-,12+/m1/s1. The van der Waals surface area contributed by atoms with E-state index in [1.165, 1.54) is 43.2 Å². The molecule has 14 heavy (non-hydrogen) atoms. The number of aromatic hydroxyl groups is 1. The molecule has 0 unspecified atom stereocenters. The van der Waals surface area contributed by atoms with Crippen molar-refractivity contribution in [2.24, 2.45) is 5.92 Å². The molecule has 1 heteroatoms. The Hall–Kier alpha value is -0.980. The quantitative estimate of drug-likeness (QED) is 0.662. The normalized spacial score (nSPS) is 29.7. The third kappa shape index (κ3) is 1.15. The Kier molecular flexibility index (Phi) is 1.79. The summed E-state index contributed by atoms with van der Waals surface area (Å²) in [6, 6.07) is 5.95. The van der Waals surface area contributed by atoms with E-state index in [2.05, 4.69) is 6.07 Å². The van der Waals surface area contributed by atoms with Gasteiger partial charge >= 0.3 is 0 Å². The Morgan fingerprint density at radius 3 is 2.93 bits per heavy atom. The lowest BCUT2D eigenvalue weighted by atomic mass is 9.80. The maximum absolute atomic E-state index is 9.43. The minimum Gasteiger partial charge on any atom is -0.508 e. The van der Waals surface area contributed by atoms with Gasteiger partial charge in [0.1, 0.15) is 5.75 Å². The zero-order valence-corrected chi connectivity index (χ0v) is 8.37. The number of hydrogen-bond donors (Lipinski definition) is 1. The largest absolute Gasteiger partial charge is 0.508 e. The van der Waals surface area contributed by atoms with Crippen molar-refractivity contribution >= 4 is 0 Å². The van der Waals surface area contributed by atoms with Gasteiger partial charge in [0.05, 0.1) is 0 Å². The lowest BCUT2D eigenvalue weighted by molar-refractivity contribution is 0.330. The highest BCUT2D eigenvalue weighted by Gasteiger charge is 2.33. The second kappa shape index (κ2) is 3.01. The average Bonchev–Trinajstić information content (AvgIpc) is 2.54. The Balaban J connectivity index is 2.01. The van der Waals surface area contributed by atoms with Crippen molar-refractivity contribution in [3.63, 3.8) is 0 Å². The summed E-state index contributed by atoms with van der Waals surface area (Å²) in [6.07, 6.45) is 6.75. The van der Waals surface area contributed by atoms with E-state index in [0.717, 1.165) is 11.8 Å².